The molecule has 1 saturated heterocycles. The van der Waals surface area contributed by atoms with Crippen LogP contribution in [0.15, 0.2) is 29.6 Å². The maximum Gasteiger partial charge on any atom is 0.239 e. The predicted octanol–water partition coefficient (Wildman–Crippen LogP) is 2.98. The SMILES string of the molecule is CCN(CC(=O)N1CCC[C@H]1C#N)Nc1nc(-c2ccc(OC)cc2)cs1. The van der Waals surface area contributed by atoms with E-state index in [0.29, 0.717) is 13.1 Å². The van der Waals surface area contributed by atoms with Gasteiger partial charge in [0.2, 0.25) is 5.91 Å². The molecule has 0 radical (unpaired) electrons. The number of carbonyl (C=O) groups excluding carboxylic acids is 1. The Morgan fingerprint density at radius 3 is 2.93 bits per heavy atom. The average molecular weight is 385 g/mol. The normalized spacial score (nSPS) is 16.4. The van der Waals surface area contributed by atoms with Gasteiger partial charge in [0, 0.05) is 24.0 Å². The first-order valence-electron chi connectivity index (χ1n) is 8.95. The van der Waals surface area contributed by atoms with Gasteiger partial charge in [0.1, 0.15) is 11.8 Å². The van der Waals surface area contributed by atoms with E-state index in [1.54, 1.807) is 12.0 Å². The minimum absolute atomic E-state index is 0.0275. The molecule has 2 aromatic rings. The van der Waals surface area contributed by atoms with Gasteiger partial charge < -0.3 is 9.64 Å². The highest BCUT2D eigenvalue weighted by atomic mass is 32.1. The lowest BCUT2D eigenvalue weighted by molar-refractivity contribution is -0.132. The van der Waals surface area contributed by atoms with Crippen LogP contribution in [0.3, 0.4) is 0 Å². The van der Waals surface area contributed by atoms with E-state index in [9.17, 15) is 4.79 Å². The molecule has 0 saturated carbocycles. The summed E-state index contributed by atoms with van der Waals surface area (Å²) < 4.78 is 5.18. The summed E-state index contributed by atoms with van der Waals surface area (Å²) in [5, 5.41) is 13.7. The molecule has 1 aliphatic heterocycles. The zero-order valence-corrected chi connectivity index (χ0v) is 16.3. The van der Waals surface area contributed by atoms with Crippen LogP contribution in [0, 0.1) is 11.3 Å². The standard InChI is InChI=1S/C19H23N5O2S/c1-3-23(12-18(25)24-10-4-5-15(24)11-20)22-19-21-17(13-27-19)14-6-8-16(26-2)9-7-14/h6-9,13,15H,3-5,10,12H2,1-2H3,(H,21,22)/t15-/m0/s1. The maximum absolute atomic E-state index is 12.5. The number of thiazole rings is 1. The topological polar surface area (TPSA) is 81.5 Å². The molecule has 0 spiro atoms. The second kappa shape index (κ2) is 8.84. The number of hydrazine groups is 1. The first-order valence-corrected chi connectivity index (χ1v) is 9.83. The number of nitrogens with zero attached hydrogens (tertiary/aromatic N) is 4. The third kappa shape index (κ3) is 4.56. The quantitative estimate of drug-likeness (QED) is 0.738. The molecule has 2 heterocycles. The van der Waals surface area contributed by atoms with Gasteiger partial charge in [0.15, 0.2) is 5.13 Å². The van der Waals surface area contributed by atoms with Gasteiger partial charge in [0.05, 0.1) is 25.4 Å². The van der Waals surface area contributed by atoms with Crippen LogP contribution >= 0.6 is 11.3 Å². The summed E-state index contributed by atoms with van der Waals surface area (Å²) in [5.41, 5.74) is 5.09. The van der Waals surface area contributed by atoms with Crippen molar-refractivity contribution in [2.24, 2.45) is 0 Å². The molecule has 1 amide bonds. The van der Waals surface area contributed by atoms with Crippen LogP contribution in [0.25, 0.3) is 11.3 Å². The molecule has 1 aromatic carbocycles. The first-order chi connectivity index (χ1) is 13.1. The van der Waals surface area contributed by atoms with Gasteiger partial charge >= 0.3 is 0 Å². The number of carbonyl (C=O) groups is 1. The number of hydrogen-bond acceptors (Lipinski definition) is 7. The van der Waals surface area contributed by atoms with E-state index < -0.39 is 0 Å². The Morgan fingerprint density at radius 1 is 1.48 bits per heavy atom. The molecule has 1 atom stereocenters. The first kappa shape index (κ1) is 19.1. The van der Waals surface area contributed by atoms with Crippen LogP contribution in [0.2, 0.25) is 0 Å². The lowest BCUT2D eigenvalue weighted by atomic mass is 10.2. The smallest absolute Gasteiger partial charge is 0.239 e. The summed E-state index contributed by atoms with van der Waals surface area (Å²) in [7, 11) is 1.64. The highest BCUT2D eigenvalue weighted by Gasteiger charge is 2.29. The Kier molecular flexibility index (Phi) is 6.27. The second-order valence-corrected chi connectivity index (χ2v) is 7.12. The van der Waals surface area contributed by atoms with E-state index in [1.165, 1.54) is 11.3 Å². The highest BCUT2D eigenvalue weighted by Crippen LogP contribution is 2.26. The number of rotatable bonds is 7. The van der Waals surface area contributed by atoms with E-state index in [1.807, 2.05) is 41.6 Å². The molecule has 1 N–H and O–H groups in total. The number of methoxy groups -OCH3 is 1. The van der Waals surface area contributed by atoms with Crippen molar-refractivity contribution >= 4 is 22.4 Å². The van der Waals surface area contributed by atoms with E-state index in [2.05, 4.69) is 16.5 Å². The van der Waals surface area contributed by atoms with E-state index in [0.717, 1.165) is 35.0 Å². The molecule has 0 aliphatic carbocycles. The fourth-order valence-electron chi connectivity index (χ4n) is 3.04. The van der Waals surface area contributed by atoms with Crippen LogP contribution in [-0.4, -0.2) is 53.6 Å². The minimum Gasteiger partial charge on any atom is -0.497 e. The Balaban J connectivity index is 1.62. The Hall–Kier alpha value is -2.63. The van der Waals surface area contributed by atoms with Crippen molar-refractivity contribution in [2.75, 3.05) is 32.2 Å². The molecular weight excluding hydrogens is 362 g/mol. The number of likely N-dealkylation sites (tertiary alicyclic amines) is 1. The molecule has 27 heavy (non-hydrogen) atoms. The van der Waals surface area contributed by atoms with Crippen LogP contribution < -0.4 is 10.2 Å². The predicted molar refractivity (Wildman–Crippen MR) is 105 cm³/mol. The molecule has 0 unspecified atom stereocenters. The molecule has 1 aliphatic rings. The molecule has 8 heteroatoms. The second-order valence-electron chi connectivity index (χ2n) is 6.27. The number of aromatic nitrogens is 1. The summed E-state index contributed by atoms with van der Waals surface area (Å²) in [6, 6.07) is 9.66. The van der Waals surface area contributed by atoms with Gasteiger partial charge in [-0.2, -0.15) is 5.26 Å². The average Bonchev–Trinajstić information content (AvgIpc) is 3.36. The van der Waals surface area contributed by atoms with Crippen LogP contribution in [0.5, 0.6) is 5.75 Å². The van der Waals surface area contributed by atoms with Crippen molar-refractivity contribution in [3.63, 3.8) is 0 Å². The zero-order chi connectivity index (χ0) is 19.2. The van der Waals surface area contributed by atoms with Crippen LogP contribution in [-0.2, 0) is 4.79 Å². The Morgan fingerprint density at radius 2 is 2.26 bits per heavy atom. The summed E-state index contributed by atoms with van der Waals surface area (Å²) >= 11 is 1.49. The Labute approximate surface area is 163 Å². The number of hydrogen-bond donors (Lipinski definition) is 1. The van der Waals surface area contributed by atoms with Crippen molar-refractivity contribution < 1.29 is 9.53 Å². The van der Waals surface area contributed by atoms with Gasteiger partial charge in [0.25, 0.3) is 0 Å². The van der Waals surface area contributed by atoms with Gasteiger partial charge in [-0.25, -0.2) is 9.99 Å². The monoisotopic (exact) mass is 385 g/mol. The number of anilines is 1. The van der Waals surface area contributed by atoms with E-state index in [4.69, 9.17) is 10.00 Å². The third-order valence-electron chi connectivity index (χ3n) is 4.57. The summed E-state index contributed by atoms with van der Waals surface area (Å²) in [6.45, 7) is 3.50. The van der Waals surface area contributed by atoms with Gasteiger partial charge in [-0.3, -0.25) is 10.2 Å². The van der Waals surface area contributed by atoms with Crippen molar-refractivity contribution in [3.8, 4) is 23.1 Å². The number of nitriles is 1. The third-order valence-corrected chi connectivity index (χ3v) is 5.32. The number of nitrogens with one attached hydrogen (secondary N) is 1. The maximum atomic E-state index is 12.5. The van der Waals surface area contributed by atoms with Gasteiger partial charge in [-0.1, -0.05) is 6.92 Å². The Bertz CT molecular complexity index is 814. The van der Waals surface area contributed by atoms with Crippen molar-refractivity contribution in [2.45, 2.75) is 25.8 Å². The molecule has 7 nitrogen and oxygen atoms in total. The number of ether oxygens (including phenoxy) is 1. The molecule has 1 fully saturated rings. The summed E-state index contributed by atoms with van der Waals surface area (Å²) in [4.78, 5) is 18.8. The van der Waals surface area contributed by atoms with E-state index >= 15 is 0 Å². The number of amides is 1. The highest BCUT2D eigenvalue weighted by molar-refractivity contribution is 7.14. The molecule has 142 valence electrons. The lowest BCUT2D eigenvalue weighted by Crippen LogP contribution is -2.44. The summed E-state index contributed by atoms with van der Waals surface area (Å²) in [5.74, 6) is 0.779. The fourth-order valence-corrected chi connectivity index (χ4v) is 3.78. The fraction of sp³-hybridized carbons (Fsp3) is 0.421. The van der Waals surface area contributed by atoms with Crippen molar-refractivity contribution in [1.29, 1.82) is 5.26 Å². The molecule has 0 bridgehead atoms. The van der Waals surface area contributed by atoms with Gasteiger partial charge in [-0.15, -0.1) is 11.3 Å². The van der Waals surface area contributed by atoms with Crippen molar-refractivity contribution in [1.82, 2.24) is 14.9 Å². The zero-order valence-electron chi connectivity index (χ0n) is 15.5. The van der Waals surface area contributed by atoms with Crippen molar-refractivity contribution in [3.05, 3.63) is 29.6 Å². The molecular formula is C19H23N5O2S. The summed E-state index contributed by atoms with van der Waals surface area (Å²) in [6.07, 6.45) is 1.65. The van der Waals surface area contributed by atoms with E-state index in [-0.39, 0.29) is 18.5 Å². The molecule has 3 rings (SSSR count). The van der Waals surface area contributed by atoms with Crippen LogP contribution in [0.4, 0.5) is 5.13 Å². The number of benzene rings is 1. The minimum atomic E-state index is -0.294. The van der Waals surface area contributed by atoms with Crippen LogP contribution in [0.1, 0.15) is 19.8 Å². The largest absolute Gasteiger partial charge is 0.497 e. The van der Waals surface area contributed by atoms with Gasteiger partial charge in [-0.05, 0) is 37.1 Å². The molecule has 1 aromatic heterocycles. The lowest BCUT2D eigenvalue weighted by Gasteiger charge is -2.25. The number of likely N-dealkylation sites (N-methyl/N-ethyl adjacent to an activating group) is 1.